The Labute approximate surface area is 123 Å². The van der Waals surface area contributed by atoms with E-state index < -0.39 is 0 Å². The molecule has 1 N–H and O–H groups in total. The molecule has 0 amide bonds. The summed E-state index contributed by atoms with van der Waals surface area (Å²) < 4.78 is 0. The standard InChI is InChI=1S/C18H29NO/c1-17-9-3-11-19-15(17)6-4-12-13-5-7-16(20)18(13,2)10-8-14(12)17/h12-15,19H,3-11H2,1-2H3/t12-,13-,14-,15?,17+,18-/m0/s1. The van der Waals surface area contributed by atoms with Crippen LogP contribution < -0.4 is 5.32 Å². The normalized spacial score (nSPS) is 55.0. The second kappa shape index (κ2) is 4.32. The largest absolute Gasteiger partial charge is 0.313 e. The molecule has 0 aromatic rings. The van der Waals surface area contributed by atoms with Crippen LogP contribution in [0.25, 0.3) is 0 Å². The van der Waals surface area contributed by atoms with Gasteiger partial charge >= 0.3 is 0 Å². The van der Waals surface area contributed by atoms with Crippen LogP contribution in [0.4, 0.5) is 0 Å². The van der Waals surface area contributed by atoms with E-state index in [-0.39, 0.29) is 5.41 Å². The Morgan fingerprint density at radius 1 is 1.05 bits per heavy atom. The van der Waals surface area contributed by atoms with E-state index in [4.69, 9.17) is 0 Å². The number of nitrogens with one attached hydrogen (secondary N) is 1. The lowest BCUT2D eigenvalue weighted by atomic mass is 9.48. The summed E-state index contributed by atoms with van der Waals surface area (Å²) >= 11 is 0. The number of carbonyl (C=O) groups excluding carboxylic acids is 1. The van der Waals surface area contributed by atoms with E-state index in [1.165, 1.54) is 51.5 Å². The summed E-state index contributed by atoms with van der Waals surface area (Å²) in [5, 5.41) is 3.81. The van der Waals surface area contributed by atoms with E-state index in [1.54, 1.807) is 0 Å². The van der Waals surface area contributed by atoms with Gasteiger partial charge in [0.1, 0.15) is 5.78 Å². The first-order valence-electron chi connectivity index (χ1n) is 8.82. The van der Waals surface area contributed by atoms with Crippen molar-refractivity contribution in [3.05, 3.63) is 0 Å². The molecule has 4 aliphatic rings. The van der Waals surface area contributed by atoms with Crippen molar-refractivity contribution in [3.63, 3.8) is 0 Å². The number of rotatable bonds is 0. The van der Waals surface area contributed by atoms with Gasteiger partial charge in [0.25, 0.3) is 0 Å². The molecule has 0 aromatic heterocycles. The molecule has 1 unspecified atom stereocenters. The molecule has 2 heteroatoms. The monoisotopic (exact) mass is 275 g/mol. The summed E-state index contributed by atoms with van der Waals surface area (Å²) in [5.41, 5.74) is 0.556. The molecule has 0 spiro atoms. The van der Waals surface area contributed by atoms with Crippen LogP contribution in [-0.4, -0.2) is 18.4 Å². The lowest BCUT2D eigenvalue weighted by Gasteiger charge is -2.59. The van der Waals surface area contributed by atoms with Crippen molar-refractivity contribution in [1.82, 2.24) is 5.32 Å². The molecule has 0 radical (unpaired) electrons. The van der Waals surface area contributed by atoms with Gasteiger partial charge in [0.05, 0.1) is 0 Å². The number of Topliss-reactive ketones (excluding diaryl/α,β-unsaturated/α-hetero) is 1. The van der Waals surface area contributed by atoms with Crippen molar-refractivity contribution in [2.24, 2.45) is 28.6 Å². The van der Waals surface area contributed by atoms with Gasteiger partial charge in [-0.3, -0.25) is 4.79 Å². The van der Waals surface area contributed by atoms with Crippen LogP contribution in [0, 0.1) is 28.6 Å². The molecule has 0 bridgehead atoms. The summed E-state index contributed by atoms with van der Waals surface area (Å²) in [5.74, 6) is 2.99. The van der Waals surface area contributed by atoms with Crippen LogP contribution in [0.1, 0.15) is 65.2 Å². The average Bonchev–Trinajstić information content (AvgIpc) is 2.74. The molecule has 1 aliphatic heterocycles. The second-order valence-electron chi connectivity index (χ2n) is 8.49. The third-order valence-corrected chi connectivity index (χ3v) is 7.86. The van der Waals surface area contributed by atoms with Crippen molar-refractivity contribution in [2.75, 3.05) is 6.54 Å². The maximum atomic E-state index is 12.4. The maximum absolute atomic E-state index is 12.4. The van der Waals surface area contributed by atoms with Gasteiger partial charge in [0.15, 0.2) is 0 Å². The van der Waals surface area contributed by atoms with Gasteiger partial charge in [0, 0.05) is 17.9 Å². The van der Waals surface area contributed by atoms with Crippen LogP contribution in [0.3, 0.4) is 0 Å². The minimum absolute atomic E-state index is 0.0481. The highest BCUT2D eigenvalue weighted by molar-refractivity contribution is 5.87. The van der Waals surface area contributed by atoms with E-state index in [9.17, 15) is 4.79 Å². The fourth-order valence-corrected chi connectivity index (χ4v) is 6.67. The van der Waals surface area contributed by atoms with E-state index in [0.29, 0.717) is 17.1 Å². The number of hydrogen-bond donors (Lipinski definition) is 1. The smallest absolute Gasteiger partial charge is 0.139 e. The van der Waals surface area contributed by atoms with Crippen molar-refractivity contribution >= 4 is 5.78 Å². The molecule has 20 heavy (non-hydrogen) atoms. The van der Waals surface area contributed by atoms with Crippen molar-refractivity contribution in [2.45, 2.75) is 71.3 Å². The third kappa shape index (κ3) is 1.58. The molecular weight excluding hydrogens is 246 g/mol. The Hall–Kier alpha value is -0.370. The molecule has 4 rings (SSSR count). The maximum Gasteiger partial charge on any atom is 0.139 e. The van der Waals surface area contributed by atoms with Gasteiger partial charge < -0.3 is 5.32 Å². The van der Waals surface area contributed by atoms with Gasteiger partial charge in [-0.2, -0.15) is 0 Å². The number of hydrogen-bond acceptors (Lipinski definition) is 2. The summed E-state index contributed by atoms with van der Waals surface area (Å²) in [6, 6.07) is 0.749. The van der Waals surface area contributed by atoms with Crippen LogP contribution in [0.15, 0.2) is 0 Å². The first-order chi connectivity index (χ1) is 9.56. The average molecular weight is 275 g/mol. The summed E-state index contributed by atoms with van der Waals surface area (Å²) in [6.07, 6.45) is 9.98. The quantitative estimate of drug-likeness (QED) is 0.732. The molecule has 112 valence electrons. The van der Waals surface area contributed by atoms with Crippen molar-refractivity contribution in [3.8, 4) is 0 Å². The van der Waals surface area contributed by atoms with Crippen molar-refractivity contribution < 1.29 is 4.79 Å². The third-order valence-electron chi connectivity index (χ3n) is 7.86. The molecule has 4 fully saturated rings. The zero-order valence-electron chi connectivity index (χ0n) is 13.1. The minimum Gasteiger partial charge on any atom is -0.313 e. The predicted molar refractivity (Wildman–Crippen MR) is 80.4 cm³/mol. The Kier molecular flexibility index (Phi) is 2.87. The summed E-state index contributed by atoms with van der Waals surface area (Å²) in [7, 11) is 0. The molecule has 1 saturated heterocycles. The summed E-state index contributed by atoms with van der Waals surface area (Å²) in [4.78, 5) is 12.4. The Morgan fingerprint density at radius 2 is 1.90 bits per heavy atom. The topological polar surface area (TPSA) is 29.1 Å². The Bertz CT molecular complexity index is 433. The molecule has 6 atom stereocenters. The lowest BCUT2D eigenvalue weighted by molar-refractivity contribution is -0.135. The number of fused-ring (bicyclic) bond motifs is 5. The zero-order chi connectivity index (χ0) is 14.0. The van der Waals surface area contributed by atoms with Gasteiger partial charge in [-0.25, -0.2) is 0 Å². The molecular formula is C18H29NO. The second-order valence-corrected chi connectivity index (χ2v) is 8.49. The highest BCUT2D eigenvalue weighted by atomic mass is 16.1. The van der Waals surface area contributed by atoms with Gasteiger partial charge in [0.2, 0.25) is 0 Å². The van der Waals surface area contributed by atoms with Crippen molar-refractivity contribution in [1.29, 1.82) is 0 Å². The molecule has 1 heterocycles. The molecule has 2 nitrogen and oxygen atoms in total. The number of ketones is 1. The molecule has 0 aromatic carbocycles. The number of piperidine rings is 1. The van der Waals surface area contributed by atoms with E-state index in [1.807, 2.05) is 0 Å². The molecule has 3 saturated carbocycles. The highest BCUT2D eigenvalue weighted by Crippen LogP contribution is 2.62. The van der Waals surface area contributed by atoms with Gasteiger partial charge in [-0.05, 0) is 74.7 Å². The summed E-state index contributed by atoms with van der Waals surface area (Å²) in [6.45, 7) is 6.06. The first-order valence-corrected chi connectivity index (χ1v) is 8.82. The fraction of sp³-hybridized carbons (Fsp3) is 0.944. The first kappa shape index (κ1) is 13.3. The van der Waals surface area contributed by atoms with Crippen LogP contribution in [0.5, 0.6) is 0 Å². The van der Waals surface area contributed by atoms with Crippen LogP contribution in [-0.2, 0) is 4.79 Å². The lowest BCUT2D eigenvalue weighted by Crippen LogP contribution is -2.59. The van der Waals surface area contributed by atoms with E-state index in [2.05, 4.69) is 19.2 Å². The van der Waals surface area contributed by atoms with Gasteiger partial charge in [-0.15, -0.1) is 0 Å². The highest BCUT2D eigenvalue weighted by Gasteiger charge is 2.59. The van der Waals surface area contributed by atoms with Crippen LogP contribution >= 0.6 is 0 Å². The van der Waals surface area contributed by atoms with E-state index >= 15 is 0 Å². The number of carbonyl (C=O) groups is 1. The predicted octanol–water partition coefficient (Wildman–Crippen LogP) is 3.55. The van der Waals surface area contributed by atoms with Crippen LogP contribution in [0.2, 0.25) is 0 Å². The Morgan fingerprint density at radius 3 is 2.75 bits per heavy atom. The van der Waals surface area contributed by atoms with Gasteiger partial charge in [-0.1, -0.05) is 13.8 Å². The molecule has 3 aliphatic carbocycles. The minimum atomic E-state index is 0.0481. The Balaban J connectivity index is 1.66. The van der Waals surface area contributed by atoms with E-state index in [0.717, 1.165) is 24.3 Å². The fourth-order valence-electron chi connectivity index (χ4n) is 6.67. The SMILES string of the molecule is C[C@]12CCCNC1CC[C@@H]1[C@@H]2CC[C@]2(C)C(=O)CC[C@@H]12. The zero-order valence-corrected chi connectivity index (χ0v) is 13.1.